The van der Waals surface area contributed by atoms with Gasteiger partial charge in [-0.3, -0.25) is 4.79 Å². The van der Waals surface area contributed by atoms with Gasteiger partial charge in [-0.2, -0.15) is 10.1 Å². The predicted octanol–water partition coefficient (Wildman–Crippen LogP) is 3.33. The summed E-state index contributed by atoms with van der Waals surface area (Å²) in [5.74, 6) is -0.145. The summed E-state index contributed by atoms with van der Waals surface area (Å²) in [5.41, 5.74) is 1.91. The molecule has 5 nitrogen and oxygen atoms in total. The van der Waals surface area contributed by atoms with Crippen molar-refractivity contribution in [3.05, 3.63) is 53.2 Å². The maximum absolute atomic E-state index is 12.2. The lowest BCUT2D eigenvalue weighted by Gasteiger charge is -2.27. The Morgan fingerprint density at radius 3 is 2.67 bits per heavy atom. The van der Waals surface area contributed by atoms with Gasteiger partial charge in [0.2, 0.25) is 0 Å². The molecule has 2 aliphatic rings. The second kappa shape index (κ2) is 6.65. The van der Waals surface area contributed by atoms with Gasteiger partial charge >= 0.3 is 0 Å². The first kappa shape index (κ1) is 15.2. The number of amides is 1. The van der Waals surface area contributed by atoms with Gasteiger partial charge < -0.3 is 4.90 Å². The number of carbonyl (C=O) groups excluding carboxylic acids is 1. The van der Waals surface area contributed by atoms with Crippen molar-refractivity contribution in [1.29, 1.82) is 0 Å². The number of para-hydroxylation sites is 1. The van der Waals surface area contributed by atoms with E-state index in [-0.39, 0.29) is 5.91 Å². The molecule has 6 heteroatoms. The molecule has 0 aliphatic carbocycles. The molecular formula is C18H18N4OS. The first-order chi connectivity index (χ1) is 11.8. The smallest absolute Gasteiger partial charge is 0.286 e. The summed E-state index contributed by atoms with van der Waals surface area (Å²) in [6.07, 6.45) is 9.19. The van der Waals surface area contributed by atoms with Gasteiger partial charge in [0.05, 0.1) is 16.8 Å². The van der Waals surface area contributed by atoms with Gasteiger partial charge in [0.15, 0.2) is 5.17 Å². The van der Waals surface area contributed by atoms with E-state index in [4.69, 9.17) is 0 Å². The molecule has 1 fully saturated rings. The monoisotopic (exact) mass is 338 g/mol. The van der Waals surface area contributed by atoms with Crippen LogP contribution in [0.1, 0.15) is 24.8 Å². The highest BCUT2D eigenvalue weighted by molar-refractivity contribution is 8.18. The van der Waals surface area contributed by atoms with Gasteiger partial charge in [0.1, 0.15) is 0 Å². The SMILES string of the molecule is O=C1N=C(N2CCCCC2)S/C1=C\c1cnn(-c2ccccc2)c1. The second-order valence-corrected chi connectivity index (χ2v) is 6.92. The summed E-state index contributed by atoms with van der Waals surface area (Å²) >= 11 is 1.48. The Bertz CT molecular complexity index is 803. The minimum atomic E-state index is -0.145. The van der Waals surface area contributed by atoms with Crippen LogP contribution in [0.15, 0.2) is 52.6 Å². The lowest BCUT2D eigenvalue weighted by Crippen LogP contribution is -2.33. The van der Waals surface area contributed by atoms with Gasteiger partial charge in [-0.1, -0.05) is 18.2 Å². The minimum absolute atomic E-state index is 0.145. The van der Waals surface area contributed by atoms with Crippen molar-refractivity contribution in [2.45, 2.75) is 19.3 Å². The first-order valence-corrected chi connectivity index (χ1v) is 8.99. The van der Waals surface area contributed by atoms with E-state index in [9.17, 15) is 4.79 Å². The Morgan fingerprint density at radius 2 is 1.88 bits per heavy atom. The van der Waals surface area contributed by atoms with E-state index in [1.165, 1.54) is 31.0 Å². The lowest BCUT2D eigenvalue weighted by molar-refractivity contribution is -0.113. The number of rotatable bonds is 2. The topological polar surface area (TPSA) is 50.5 Å². The van der Waals surface area contributed by atoms with Crippen LogP contribution in [-0.2, 0) is 4.79 Å². The Kier molecular flexibility index (Phi) is 4.21. The highest BCUT2D eigenvalue weighted by Crippen LogP contribution is 2.31. The zero-order chi connectivity index (χ0) is 16.4. The van der Waals surface area contributed by atoms with Crippen molar-refractivity contribution in [2.24, 2.45) is 4.99 Å². The molecule has 0 unspecified atom stereocenters. The molecule has 0 atom stereocenters. The number of aromatic nitrogens is 2. The molecule has 1 aromatic heterocycles. The van der Waals surface area contributed by atoms with Crippen LogP contribution in [0, 0.1) is 0 Å². The number of hydrogen-bond acceptors (Lipinski definition) is 4. The molecule has 0 bridgehead atoms. The van der Waals surface area contributed by atoms with Crippen LogP contribution in [0.25, 0.3) is 11.8 Å². The number of piperidine rings is 1. The number of carbonyl (C=O) groups is 1. The molecule has 0 spiro atoms. The third-order valence-corrected chi connectivity index (χ3v) is 5.20. The number of thioether (sulfide) groups is 1. The van der Waals surface area contributed by atoms with Gasteiger partial charge in [-0.05, 0) is 49.2 Å². The molecule has 24 heavy (non-hydrogen) atoms. The predicted molar refractivity (Wildman–Crippen MR) is 97.0 cm³/mol. The fourth-order valence-electron chi connectivity index (χ4n) is 2.90. The number of likely N-dealkylation sites (tertiary alicyclic amines) is 1. The molecule has 0 radical (unpaired) electrons. The fourth-order valence-corrected chi connectivity index (χ4v) is 3.87. The zero-order valence-electron chi connectivity index (χ0n) is 13.3. The molecule has 2 aromatic rings. The van der Waals surface area contributed by atoms with E-state index >= 15 is 0 Å². The number of nitrogens with zero attached hydrogens (tertiary/aromatic N) is 4. The largest absolute Gasteiger partial charge is 0.351 e. The fraction of sp³-hybridized carbons (Fsp3) is 0.278. The zero-order valence-corrected chi connectivity index (χ0v) is 14.1. The maximum Gasteiger partial charge on any atom is 0.286 e. The van der Waals surface area contributed by atoms with Crippen molar-refractivity contribution in [2.75, 3.05) is 13.1 Å². The maximum atomic E-state index is 12.2. The average molecular weight is 338 g/mol. The van der Waals surface area contributed by atoms with E-state index in [2.05, 4.69) is 15.0 Å². The standard InChI is InChI=1S/C18H18N4OS/c23-17-16(24-18(20-17)21-9-5-2-6-10-21)11-14-12-19-22(13-14)15-7-3-1-4-8-15/h1,3-4,7-8,11-13H,2,5-6,9-10H2/b16-11-. The van der Waals surface area contributed by atoms with E-state index in [1.54, 1.807) is 6.20 Å². The van der Waals surface area contributed by atoms with Gasteiger partial charge in [0.25, 0.3) is 5.91 Å². The van der Waals surface area contributed by atoms with E-state index in [0.29, 0.717) is 4.91 Å². The second-order valence-electron chi connectivity index (χ2n) is 5.91. The molecule has 122 valence electrons. The Labute approximate surface area is 145 Å². The molecule has 1 amide bonds. The average Bonchev–Trinajstić information content (AvgIpc) is 3.24. The molecule has 0 saturated carbocycles. The number of amidine groups is 1. The Hall–Kier alpha value is -2.34. The summed E-state index contributed by atoms with van der Waals surface area (Å²) < 4.78 is 1.81. The van der Waals surface area contributed by atoms with E-state index in [0.717, 1.165) is 29.5 Å². The number of aliphatic imine (C=N–C) groups is 1. The van der Waals surface area contributed by atoms with Crippen LogP contribution in [0.3, 0.4) is 0 Å². The summed E-state index contributed by atoms with van der Waals surface area (Å²) in [5, 5.41) is 5.21. The molecule has 1 aromatic carbocycles. The third-order valence-electron chi connectivity index (χ3n) is 4.16. The van der Waals surface area contributed by atoms with Gasteiger partial charge in [-0.15, -0.1) is 0 Å². The Balaban J connectivity index is 1.50. The summed E-state index contributed by atoms with van der Waals surface area (Å²) in [6.45, 7) is 2.00. The molecule has 0 N–H and O–H groups in total. The van der Waals surface area contributed by atoms with E-state index in [1.807, 2.05) is 47.3 Å². The van der Waals surface area contributed by atoms with Crippen molar-refractivity contribution >= 4 is 28.9 Å². The van der Waals surface area contributed by atoms with Crippen LogP contribution in [0.2, 0.25) is 0 Å². The first-order valence-electron chi connectivity index (χ1n) is 8.17. The van der Waals surface area contributed by atoms with Crippen LogP contribution in [0.4, 0.5) is 0 Å². The normalized spacial score (nSPS) is 19.8. The molecule has 4 rings (SSSR count). The quantitative estimate of drug-likeness (QED) is 0.788. The number of benzene rings is 1. The van der Waals surface area contributed by atoms with E-state index < -0.39 is 0 Å². The Morgan fingerprint density at radius 1 is 1.08 bits per heavy atom. The third kappa shape index (κ3) is 3.14. The van der Waals surface area contributed by atoms with Gasteiger partial charge in [0, 0.05) is 24.8 Å². The molecule has 1 saturated heterocycles. The molecule has 3 heterocycles. The lowest BCUT2D eigenvalue weighted by atomic mass is 10.1. The van der Waals surface area contributed by atoms with Gasteiger partial charge in [-0.25, -0.2) is 4.68 Å². The van der Waals surface area contributed by atoms with Crippen LogP contribution in [-0.4, -0.2) is 38.8 Å². The summed E-state index contributed by atoms with van der Waals surface area (Å²) in [6, 6.07) is 9.92. The van der Waals surface area contributed by atoms with Crippen LogP contribution in [0.5, 0.6) is 0 Å². The van der Waals surface area contributed by atoms with Crippen LogP contribution >= 0.6 is 11.8 Å². The van der Waals surface area contributed by atoms with Crippen molar-refractivity contribution in [1.82, 2.24) is 14.7 Å². The van der Waals surface area contributed by atoms with Crippen LogP contribution < -0.4 is 0 Å². The number of hydrogen-bond donors (Lipinski definition) is 0. The highest BCUT2D eigenvalue weighted by atomic mass is 32.2. The van der Waals surface area contributed by atoms with Crippen molar-refractivity contribution in [3.63, 3.8) is 0 Å². The molecular weight excluding hydrogens is 320 g/mol. The molecule has 2 aliphatic heterocycles. The van der Waals surface area contributed by atoms with Crippen molar-refractivity contribution in [3.8, 4) is 5.69 Å². The highest BCUT2D eigenvalue weighted by Gasteiger charge is 2.26. The van der Waals surface area contributed by atoms with Crippen molar-refractivity contribution < 1.29 is 4.79 Å². The minimum Gasteiger partial charge on any atom is -0.351 e. The summed E-state index contributed by atoms with van der Waals surface area (Å²) in [4.78, 5) is 19.3. The summed E-state index contributed by atoms with van der Waals surface area (Å²) in [7, 11) is 0.